The highest BCUT2D eigenvalue weighted by Gasteiger charge is 2.11. The van der Waals surface area contributed by atoms with Gasteiger partial charge >= 0.3 is 12.0 Å². The number of carbonyl (C=O) groups excluding carboxylic acids is 1. The molecule has 0 aliphatic rings. The first-order valence-corrected chi connectivity index (χ1v) is 6.41. The normalized spacial score (nSPS) is 11.5. The van der Waals surface area contributed by atoms with Crippen molar-refractivity contribution < 1.29 is 19.4 Å². The van der Waals surface area contributed by atoms with Crippen LogP contribution in [-0.4, -0.2) is 48.2 Å². The molecule has 6 heteroatoms. The number of carbonyl (C=O) groups is 2. The Bertz CT molecular complexity index is 436. The van der Waals surface area contributed by atoms with Gasteiger partial charge in [0.1, 0.15) is 11.9 Å². The molecule has 0 aliphatic carbocycles. The number of nitrogens with zero attached hydrogens (tertiary/aromatic N) is 1. The minimum absolute atomic E-state index is 0.0695. The number of ether oxygens (including phenoxy) is 1. The van der Waals surface area contributed by atoms with Crippen LogP contribution in [0, 0.1) is 0 Å². The Hall–Kier alpha value is -2.24. The lowest BCUT2D eigenvalue weighted by atomic mass is 10.3. The number of benzene rings is 1. The molecule has 0 spiro atoms. The van der Waals surface area contributed by atoms with Gasteiger partial charge in [0, 0.05) is 13.6 Å². The molecular formula is C14H20N2O4. The lowest BCUT2D eigenvalue weighted by Crippen LogP contribution is -2.42. The van der Waals surface area contributed by atoms with E-state index in [-0.39, 0.29) is 25.1 Å². The number of hydrogen-bond acceptors (Lipinski definition) is 3. The average molecular weight is 280 g/mol. The maximum atomic E-state index is 11.7. The average Bonchev–Trinajstić information content (AvgIpc) is 2.43. The summed E-state index contributed by atoms with van der Waals surface area (Å²) in [5.41, 5.74) is 0. The van der Waals surface area contributed by atoms with E-state index in [1.165, 1.54) is 4.90 Å². The first kappa shape index (κ1) is 15.8. The van der Waals surface area contributed by atoms with Crippen LogP contribution in [0.2, 0.25) is 0 Å². The Labute approximate surface area is 118 Å². The van der Waals surface area contributed by atoms with Gasteiger partial charge in [0.2, 0.25) is 0 Å². The first-order valence-electron chi connectivity index (χ1n) is 6.41. The third kappa shape index (κ3) is 6.08. The number of amides is 2. The quantitative estimate of drug-likeness (QED) is 0.794. The number of carboxylic acids is 1. The molecule has 0 bridgehead atoms. The number of aliphatic carboxylic acids is 1. The molecule has 0 aromatic heterocycles. The van der Waals surface area contributed by atoms with E-state index < -0.39 is 5.97 Å². The van der Waals surface area contributed by atoms with E-state index in [4.69, 9.17) is 9.84 Å². The second-order valence-corrected chi connectivity index (χ2v) is 4.49. The fourth-order valence-electron chi connectivity index (χ4n) is 1.50. The molecule has 6 nitrogen and oxygen atoms in total. The van der Waals surface area contributed by atoms with Gasteiger partial charge in [-0.2, -0.15) is 0 Å². The predicted molar refractivity (Wildman–Crippen MR) is 74.8 cm³/mol. The molecule has 110 valence electrons. The Kier molecular flexibility index (Phi) is 6.36. The molecule has 1 aromatic rings. The zero-order chi connectivity index (χ0) is 15.0. The van der Waals surface area contributed by atoms with E-state index in [0.717, 1.165) is 5.75 Å². The van der Waals surface area contributed by atoms with Crippen LogP contribution in [0.5, 0.6) is 5.75 Å². The molecule has 2 N–H and O–H groups in total. The largest absolute Gasteiger partial charge is 0.489 e. The molecule has 1 atom stereocenters. The third-order valence-electron chi connectivity index (χ3n) is 2.63. The topological polar surface area (TPSA) is 78.9 Å². The van der Waals surface area contributed by atoms with Crippen LogP contribution in [0.4, 0.5) is 4.79 Å². The molecule has 0 saturated carbocycles. The summed E-state index contributed by atoms with van der Waals surface area (Å²) >= 11 is 0. The molecule has 0 heterocycles. The minimum Gasteiger partial charge on any atom is -0.489 e. The van der Waals surface area contributed by atoms with Gasteiger partial charge in [0.25, 0.3) is 0 Å². The zero-order valence-corrected chi connectivity index (χ0v) is 11.7. The SMILES string of the molecule is CC(CNC(=O)N(C)CCC(=O)O)Oc1ccccc1. The monoisotopic (exact) mass is 280 g/mol. The number of urea groups is 1. The molecule has 1 rings (SSSR count). The predicted octanol–water partition coefficient (Wildman–Crippen LogP) is 1.57. The smallest absolute Gasteiger partial charge is 0.317 e. The van der Waals surface area contributed by atoms with Crippen molar-refractivity contribution in [3.8, 4) is 5.75 Å². The van der Waals surface area contributed by atoms with Gasteiger partial charge in [-0.05, 0) is 19.1 Å². The van der Waals surface area contributed by atoms with Gasteiger partial charge < -0.3 is 20.1 Å². The van der Waals surface area contributed by atoms with Crippen molar-refractivity contribution in [2.75, 3.05) is 20.1 Å². The highest BCUT2D eigenvalue weighted by atomic mass is 16.5. The molecule has 2 amide bonds. The lowest BCUT2D eigenvalue weighted by Gasteiger charge is -2.20. The van der Waals surface area contributed by atoms with Gasteiger partial charge in [0.15, 0.2) is 0 Å². The van der Waals surface area contributed by atoms with Gasteiger partial charge in [0.05, 0.1) is 13.0 Å². The summed E-state index contributed by atoms with van der Waals surface area (Å²) in [6.07, 6.45) is -0.241. The maximum absolute atomic E-state index is 11.7. The van der Waals surface area contributed by atoms with E-state index in [1.807, 2.05) is 37.3 Å². The fraction of sp³-hybridized carbons (Fsp3) is 0.429. The molecule has 1 aromatic carbocycles. The van der Waals surface area contributed by atoms with Gasteiger partial charge in [-0.15, -0.1) is 0 Å². The van der Waals surface area contributed by atoms with E-state index in [2.05, 4.69) is 5.32 Å². The highest BCUT2D eigenvalue weighted by Crippen LogP contribution is 2.10. The van der Waals surface area contributed by atoms with Crippen molar-refractivity contribution in [2.24, 2.45) is 0 Å². The van der Waals surface area contributed by atoms with Crippen LogP contribution < -0.4 is 10.1 Å². The number of carboxylic acid groups (broad SMARTS) is 1. The molecule has 0 radical (unpaired) electrons. The van der Waals surface area contributed by atoms with E-state index in [1.54, 1.807) is 7.05 Å². The van der Waals surface area contributed by atoms with Gasteiger partial charge in [-0.25, -0.2) is 4.79 Å². The van der Waals surface area contributed by atoms with E-state index in [9.17, 15) is 9.59 Å². The molecule has 0 saturated heterocycles. The van der Waals surface area contributed by atoms with Crippen molar-refractivity contribution in [3.05, 3.63) is 30.3 Å². The summed E-state index contributed by atoms with van der Waals surface area (Å²) in [5.74, 6) is -0.182. The van der Waals surface area contributed by atoms with E-state index in [0.29, 0.717) is 6.54 Å². The summed E-state index contributed by atoms with van der Waals surface area (Å²) in [6.45, 7) is 2.38. The maximum Gasteiger partial charge on any atom is 0.317 e. The van der Waals surface area contributed by atoms with Gasteiger partial charge in [-0.3, -0.25) is 4.79 Å². The second-order valence-electron chi connectivity index (χ2n) is 4.49. The number of hydrogen-bond donors (Lipinski definition) is 2. The van der Waals surface area contributed by atoms with Crippen molar-refractivity contribution >= 4 is 12.0 Å². The Balaban J connectivity index is 2.28. The highest BCUT2D eigenvalue weighted by molar-refractivity contribution is 5.75. The van der Waals surface area contributed by atoms with Crippen molar-refractivity contribution in [2.45, 2.75) is 19.4 Å². The minimum atomic E-state index is -0.926. The van der Waals surface area contributed by atoms with Crippen LogP contribution in [0.1, 0.15) is 13.3 Å². The van der Waals surface area contributed by atoms with Gasteiger partial charge in [-0.1, -0.05) is 18.2 Å². The Morgan fingerprint density at radius 1 is 1.35 bits per heavy atom. The summed E-state index contributed by atoms with van der Waals surface area (Å²) in [6, 6.07) is 9.03. The van der Waals surface area contributed by atoms with Crippen molar-refractivity contribution in [1.82, 2.24) is 10.2 Å². The molecule has 0 fully saturated rings. The molecule has 1 unspecified atom stereocenters. The third-order valence-corrected chi connectivity index (χ3v) is 2.63. The number of para-hydroxylation sites is 1. The van der Waals surface area contributed by atoms with Crippen LogP contribution >= 0.6 is 0 Å². The second kappa shape index (κ2) is 8.04. The van der Waals surface area contributed by atoms with E-state index >= 15 is 0 Å². The van der Waals surface area contributed by atoms with Crippen LogP contribution in [0.3, 0.4) is 0 Å². The van der Waals surface area contributed by atoms with Crippen LogP contribution in [0.15, 0.2) is 30.3 Å². The summed E-state index contributed by atoms with van der Waals surface area (Å²) in [5, 5.41) is 11.2. The van der Waals surface area contributed by atoms with Crippen molar-refractivity contribution in [3.63, 3.8) is 0 Å². The van der Waals surface area contributed by atoms with Crippen LogP contribution in [0.25, 0.3) is 0 Å². The standard InChI is InChI=1S/C14H20N2O4/c1-11(20-12-6-4-3-5-7-12)10-15-14(19)16(2)9-8-13(17)18/h3-7,11H,8-10H2,1-2H3,(H,15,19)(H,17,18). The first-order chi connectivity index (χ1) is 9.49. The van der Waals surface area contributed by atoms with Crippen molar-refractivity contribution in [1.29, 1.82) is 0 Å². The molecular weight excluding hydrogens is 260 g/mol. The van der Waals surface area contributed by atoms with Crippen LogP contribution in [-0.2, 0) is 4.79 Å². The summed E-state index contributed by atoms with van der Waals surface area (Å²) in [7, 11) is 1.56. The fourth-order valence-corrected chi connectivity index (χ4v) is 1.50. The number of nitrogens with one attached hydrogen (secondary N) is 1. The zero-order valence-electron chi connectivity index (χ0n) is 11.7. The molecule has 0 aliphatic heterocycles. The summed E-state index contributed by atoms with van der Waals surface area (Å²) < 4.78 is 5.62. The Morgan fingerprint density at radius 3 is 2.60 bits per heavy atom. The summed E-state index contributed by atoms with van der Waals surface area (Å²) in [4.78, 5) is 23.4. The lowest BCUT2D eigenvalue weighted by molar-refractivity contribution is -0.137. The number of rotatable bonds is 7. The Morgan fingerprint density at radius 2 is 2.00 bits per heavy atom. The molecule has 20 heavy (non-hydrogen) atoms.